The van der Waals surface area contributed by atoms with E-state index in [4.69, 9.17) is 4.98 Å². The number of fused-ring (bicyclic) bond motifs is 1. The molecule has 0 aliphatic rings. The second-order valence-electron chi connectivity index (χ2n) is 6.51. The Hall–Kier alpha value is -3.19. The molecule has 0 fully saturated rings. The van der Waals surface area contributed by atoms with Gasteiger partial charge in [-0.1, -0.05) is 24.3 Å². The maximum absolute atomic E-state index is 12.3. The summed E-state index contributed by atoms with van der Waals surface area (Å²) in [5, 5.41) is 5.85. The summed E-state index contributed by atoms with van der Waals surface area (Å²) in [6.45, 7) is 1.05. The van der Waals surface area contributed by atoms with Crippen molar-refractivity contribution in [3.05, 3.63) is 53.6 Å². The van der Waals surface area contributed by atoms with Gasteiger partial charge in [-0.25, -0.2) is 4.98 Å². The lowest BCUT2D eigenvalue weighted by atomic mass is 10.1. The molecular formula is C21H24N4O3. The highest BCUT2D eigenvalue weighted by Crippen LogP contribution is 2.24. The van der Waals surface area contributed by atoms with Crippen LogP contribution in [0.2, 0.25) is 0 Å². The van der Waals surface area contributed by atoms with Gasteiger partial charge >= 0.3 is 5.97 Å². The molecule has 0 aliphatic carbocycles. The molecule has 146 valence electrons. The predicted octanol–water partition coefficient (Wildman–Crippen LogP) is 2.25. The number of hydrogen-bond donors (Lipinski definition) is 2. The summed E-state index contributed by atoms with van der Waals surface area (Å²) >= 11 is 0. The fraction of sp³-hybridized carbons (Fsp3) is 0.286. The Morgan fingerprint density at radius 1 is 1.14 bits per heavy atom. The van der Waals surface area contributed by atoms with E-state index in [0.717, 1.165) is 29.0 Å². The number of hydrogen-bond acceptors (Lipinski definition) is 5. The minimum atomic E-state index is -0.356. The number of nitrogens with one attached hydrogen (secondary N) is 2. The number of benzene rings is 2. The Balaban J connectivity index is 1.81. The van der Waals surface area contributed by atoms with Crippen LogP contribution in [-0.2, 0) is 23.1 Å². The summed E-state index contributed by atoms with van der Waals surface area (Å²) in [4.78, 5) is 28.2. The van der Waals surface area contributed by atoms with Crippen LogP contribution in [0.25, 0.3) is 22.4 Å². The van der Waals surface area contributed by atoms with Gasteiger partial charge in [0.1, 0.15) is 5.82 Å². The molecule has 0 unspecified atom stereocenters. The van der Waals surface area contributed by atoms with Gasteiger partial charge in [-0.3, -0.25) is 9.59 Å². The minimum absolute atomic E-state index is 0.141. The van der Waals surface area contributed by atoms with Crippen molar-refractivity contribution in [2.75, 3.05) is 20.7 Å². The number of rotatable bonds is 7. The maximum Gasteiger partial charge on any atom is 0.307 e. The van der Waals surface area contributed by atoms with Crippen LogP contribution in [0.4, 0.5) is 0 Å². The fourth-order valence-electron chi connectivity index (χ4n) is 3.06. The molecular weight excluding hydrogens is 356 g/mol. The molecule has 1 amide bonds. The number of carbonyl (C=O) groups excluding carboxylic acids is 2. The second-order valence-corrected chi connectivity index (χ2v) is 6.51. The maximum atomic E-state index is 12.3. The first-order valence-corrected chi connectivity index (χ1v) is 9.09. The van der Waals surface area contributed by atoms with Crippen molar-refractivity contribution in [3.63, 3.8) is 0 Å². The van der Waals surface area contributed by atoms with E-state index in [-0.39, 0.29) is 24.8 Å². The Bertz CT molecular complexity index is 993. The molecule has 2 N–H and O–H groups in total. The smallest absolute Gasteiger partial charge is 0.307 e. The molecule has 7 heteroatoms. The molecule has 2 aromatic carbocycles. The molecule has 1 aromatic heterocycles. The zero-order chi connectivity index (χ0) is 20.1. The van der Waals surface area contributed by atoms with E-state index in [2.05, 4.69) is 27.5 Å². The molecule has 0 aliphatic heterocycles. The molecule has 0 saturated carbocycles. The number of nitrogens with zero attached hydrogens (tertiary/aromatic N) is 2. The van der Waals surface area contributed by atoms with Crippen molar-refractivity contribution < 1.29 is 14.3 Å². The number of carbonyl (C=O) groups is 2. The number of ether oxygens (including phenoxy) is 1. The first-order valence-electron chi connectivity index (χ1n) is 9.09. The van der Waals surface area contributed by atoms with Crippen molar-refractivity contribution in [1.82, 2.24) is 20.2 Å². The Morgan fingerprint density at radius 2 is 1.89 bits per heavy atom. The molecule has 0 atom stereocenters. The van der Waals surface area contributed by atoms with E-state index in [1.54, 1.807) is 12.1 Å². The molecule has 7 nitrogen and oxygen atoms in total. The summed E-state index contributed by atoms with van der Waals surface area (Å²) in [6, 6.07) is 13.7. The van der Waals surface area contributed by atoms with Crippen LogP contribution >= 0.6 is 0 Å². The van der Waals surface area contributed by atoms with Gasteiger partial charge in [-0.2, -0.15) is 0 Å². The van der Waals surface area contributed by atoms with E-state index >= 15 is 0 Å². The van der Waals surface area contributed by atoms with Crippen LogP contribution in [0.5, 0.6) is 0 Å². The molecule has 0 radical (unpaired) electrons. The normalized spacial score (nSPS) is 10.8. The van der Waals surface area contributed by atoms with Gasteiger partial charge in [0.15, 0.2) is 0 Å². The first-order chi connectivity index (χ1) is 13.5. The van der Waals surface area contributed by atoms with Gasteiger partial charge < -0.3 is 19.9 Å². The van der Waals surface area contributed by atoms with E-state index in [0.29, 0.717) is 5.56 Å². The highest BCUT2D eigenvalue weighted by atomic mass is 16.5. The van der Waals surface area contributed by atoms with Gasteiger partial charge in [0.05, 0.1) is 24.6 Å². The summed E-state index contributed by atoms with van der Waals surface area (Å²) in [5.41, 5.74) is 4.42. The highest BCUT2D eigenvalue weighted by Gasteiger charge is 2.13. The number of methoxy groups -OCH3 is 1. The lowest BCUT2D eigenvalue weighted by Gasteiger charge is -2.05. The van der Waals surface area contributed by atoms with Crippen LogP contribution < -0.4 is 10.6 Å². The third-order valence-corrected chi connectivity index (χ3v) is 4.58. The van der Waals surface area contributed by atoms with E-state index in [1.807, 2.05) is 36.9 Å². The molecule has 3 rings (SSSR count). The van der Waals surface area contributed by atoms with Crippen LogP contribution in [0.15, 0.2) is 42.5 Å². The van der Waals surface area contributed by atoms with Crippen LogP contribution in [0.3, 0.4) is 0 Å². The lowest BCUT2D eigenvalue weighted by molar-refractivity contribution is -0.140. The monoisotopic (exact) mass is 380 g/mol. The molecule has 1 heterocycles. The topological polar surface area (TPSA) is 85.2 Å². The van der Waals surface area contributed by atoms with Crippen molar-refractivity contribution in [2.24, 2.45) is 7.05 Å². The van der Waals surface area contributed by atoms with Gasteiger partial charge in [0.25, 0.3) is 5.91 Å². The Kier molecular flexibility index (Phi) is 6.06. The SMILES string of the molecule is CNCc1ccc(-c2nc3cc(C(=O)NCCC(=O)OC)ccc3n2C)cc1. The number of esters is 1. The quantitative estimate of drug-likeness (QED) is 0.614. The summed E-state index contributed by atoms with van der Waals surface area (Å²) in [6.07, 6.45) is 0.141. The van der Waals surface area contributed by atoms with E-state index in [9.17, 15) is 9.59 Å². The summed E-state index contributed by atoms with van der Waals surface area (Å²) in [5.74, 6) is 0.245. The van der Waals surface area contributed by atoms with Crippen molar-refractivity contribution >= 4 is 22.9 Å². The Labute approximate surface area is 163 Å². The van der Waals surface area contributed by atoms with Crippen LogP contribution in [-0.4, -0.2) is 42.1 Å². The number of imidazole rings is 1. The molecule has 3 aromatic rings. The predicted molar refractivity (Wildman–Crippen MR) is 108 cm³/mol. The third-order valence-electron chi connectivity index (χ3n) is 4.58. The van der Waals surface area contributed by atoms with Gasteiger partial charge in [-0.05, 0) is 30.8 Å². The molecule has 28 heavy (non-hydrogen) atoms. The van der Waals surface area contributed by atoms with Crippen molar-refractivity contribution in [2.45, 2.75) is 13.0 Å². The van der Waals surface area contributed by atoms with Gasteiger partial charge in [-0.15, -0.1) is 0 Å². The second kappa shape index (κ2) is 8.67. The number of aromatic nitrogens is 2. The fourth-order valence-corrected chi connectivity index (χ4v) is 3.06. The number of aryl methyl sites for hydroxylation is 1. The lowest BCUT2D eigenvalue weighted by Crippen LogP contribution is -2.26. The minimum Gasteiger partial charge on any atom is -0.469 e. The van der Waals surface area contributed by atoms with Crippen molar-refractivity contribution in [1.29, 1.82) is 0 Å². The molecule has 0 saturated heterocycles. The van der Waals surface area contributed by atoms with Gasteiger partial charge in [0.2, 0.25) is 0 Å². The molecule has 0 spiro atoms. The first kappa shape index (κ1) is 19.6. The third kappa shape index (κ3) is 4.20. The van der Waals surface area contributed by atoms with Gasteiger partial charge in [0, 0.05) is 31.3 Å². The average Bonchev–Trinajstić information content (AvgIpc) is 3.04. The van der Waals surface area contributed by atoms with E-state index in [1.165, 1.54) is 12.7 Å². The zero-order valence-corrected chi connectivity index (χ0v) is 16.3. The largest absolute Gasteiger partial charge is 0.469 e. The van der Waals surface area contributed by atoms with Crippen LogP contribution in [0.1, 0.15) is 22.3 Å². The summed E-state index contributed by atoms with van der Waals surface area (Å²) < 4.78 is 6.58. The summed E-state index contributed by atoms with van der Waals surface area (Å²) in [7, 11) is 5.20. The molecule has 0 bridgehead atoms. The Morgan fingerprint density at radius 3 is 2.57 bits per heavy atom. The van der Waals surface area contributed by atoms with E-state index < -0.39 is 0 Å². The van der Waals surface area contributed by atoms with Crippen LogP contribution in [0, 0.1) is 0 Å². The number of amides is 1. The standard InChI is InChI=1S/C21H24N4O3/c1-22-13-14-4-6-15(7-5-14)20-24-17-12-16(8-9-18(17)25(20)2)21(27)23-11-10-19(26)28-3/h4-9,12,22H,10-11,13H2,1-3H3,(H,23,27). The van der Waals surface area contributed by atoms with Crippen molar-refractivity contribution in [3.8, 4) is 11.4 Å². The zero-order valence-electron chi connectivity index (χ0n) is 16.3. The highest BCUT2D eigenvalue weighted by molar-refractivity contribution is 5.98. The average molecular weight is 380 g/mol.